The van der Waals surface area contributed by atoms with Crippen molar-refractivity contribution < 1.29 is 13.2 Å². The van der Waals surface area contributed by atoms with E-state index >= 15 is 0 Å². The molecular weight excluding hydrogens is 336 g/mol. The summed E-state index contributed by atoms with van der Waals surface area (Å²) in [6, 6.07) is 16.9. The van der Waals surface area contributed by atoms with E-state index in [0.29, 0.717) is 18.6 Å². The molecule has 0 aliphatic heterocycles. The smallest absolute Gasteiger partial charge is 0.271 e. The summed E-state index contributed by atoms with van der Waals surface area (Å²) in [5.41, 5.74) is 0.663. The summed E-state index contributed by atoms with van der Waals surface area (Å²) in [6.07, 6.45) is 0. The highest BCUT2D eigenvalue weighted by atomic mass is 32.2. The molecule has 0 saturated heterocycles. The van der Waals surface area contributed by atoms with Crippen molar-refractivity contribution in [3.8, 4) is 0 Å². The van der Waals surface area contributed by atoms with Crippen LogP contribution in [0.15, 0.2) is 65.6 Å². The molecule has 0 unspecified atom stereocenters. The molecule has 0 radical (unpaired) electrons. The van der Waals surface area contributed by atoms with Crippen LogP contribution >= 0.6 is 0 Å². The Morgan fingerprint density at radius 2 is 1.56 bits per heavy atom. The monoisotopic (exact) mass is 356 g/mol. The minimum atomic E-state index is -3.88. The summed E-state index contributed by atoms with van der Waals surface area (Å²) in [5.74, 6) is -0.291. The Labute approximate surface area is 147 Å². The number of nitrogens with zero attached hydrogens (tertiary/aromatic N) is 2. The fourth-order valence-corrected chi connectivity index (χ4v) is 4.44. The van der Waals surface area contributed by atoms with Gasteiger partial charge in [-0.2, -0.15) is 0 Å². The molecule has 1 aromatic heterocycles. The lowest BCUT2D eigenvalue weighted by Crippen LogP contribution is -2.33. The van der Waals surface area contributed by atoms with Gasteiger partial charge in [0.2, 0.25) is 0 Å². The molecule has 1 heterocycles. The van der Waals surface area contributed by atoms with Crippen LogP contribution in [-0.4, -0.2) is 36.3 Å². The van der Waals surface area contributed by atoms with Crippen molar-refractivity contribution in [2.45, 2.75) is 18.7 Å². The van der Waals surface area contributed by atoms with E-state index in [-0.39, 0.29) is 16.5 Å². The molecule has 0 fully saturated rings. The zero-order chi connectivity index (χ0) is 18.0. The van der Waals surface area contributed by atoms with Gasteiger partial charge in [-0.05, 0) is 38.1 Å². The fraction of sp³-hybridized carbons (Fsp3) is 0.211. The van der Waals surface area contributed by atoms with Gasteiger partial charge in [0.05, 0.1) is 10.4 Å². The van der Waals surface area contributed by atoms with Gasteiger partial charge in [0.25, 0.3) is 15.9 Å². The van der Waals surface area contributed by atoms with Crippen molar-refractivity contribution in [2.75, 3.05) is 13.1 Å². The molecule has 3 aromatic rings. The van der Waals surface area contributed by atoms with E-state index in [9.17, 15) is 13.2 Å². The normalized spacial score (nSPS) is 11.6. The maximum Gasteiger partial charge on any atom is 0.271 e. The third kappa shape index (κ3) is 2.93. The van der Waals surface area contributed by atoms with Crippen molar-refractivity contribution in [1.82, 2.24) is 8.87 Å². The summed E-state index contributed by atoms with van der Waals surface area (Å²) >= 11 is 0. The van der Waals surface area contributed by atoms with Crippen LogP contribution in [0.3, 0.4) is 0 Å². The summed E-state index contributed by atoms with van der Waals surface area (Å²) in [7, 11) is -3.88. The van der Waals surface area contributed by atoms with Crippen molar-refractivity contribution in [1.29, 1.82) is 0 Å². The first-order valence-electron chi connectivity index (χ1n) is 8.21. The SMILES string of the molecule is CCN(CC)C(=O)c1cc2ccccc2n1S(=O)(=O)c1ccccc1. The molecular formula is C19H20N2O3S. The Kier molecular flexibility index (Phi) is 4.63. The number of hydrogen-bond donors (Lipinski definition) is 0. The first-order valence-corrected chi connectivity index (χ1v) is 9.65. The van der Waals surface area contributed by atoms with Crippen LogP contribution in [0.25, 0.3) is 10.9 Å². The quantitative estimate of drug-likeness (QED) is 0.704. The van der Waals surface area contributed by atoms with Gasteiger partial charge < -0.3 is 4.90 Å². The van der Waals surface area contributed by atoms with E-state index in [4.69, 9.17) is 0 Å². The molecule has 0 aliphatic rings. The minimum Gasteiger partial charge on any atom is -0.338 e. The molecule has 0 saturated carbocycles. The molecule has 0 aliphatic carbocycles. The molecule has 0 spiro atoms. The highest BCUT2D eigenvalue weighted by molar-refractivity contribution is 7.90. The Morgan fingerprint density at radius 1 is 0.960 bits per heavy atom. The van der Waals surface area contributed by atoms with E-state index in [2.05, 4.69) is 0 Å². The molecule has 3 rings (SSSR count). The fourth-order valence-electron chi connectivity index (χ4n) is 2.91. The lowest BCUT2D eigenvalue weighted by molar-refractivity contribution is 0.0766. The van der Waals surface area contributed by atoms with Crippen LogP contribution < -0.4 is 0 Å². The molecule has 0 bridgehead atoms. The van der Waals surface area contributed by atoms with Crippen molar-refractivity contribution in [3.63, 3.8) is 0 Å². The highest BCUT2D eigenvalue weighted by Crippen LogP contribution is 2.26. The zero-order valence-corrected chi connectivity index (χ0v) is 15.0. The van der Waals surface area contributed by atoms with Crippen LogP contribution in [0, 0.1) is 0 Å². The summed E-state index contributed by atoms with van der Waals surface area (Å²) in [5, 5.41) is 0.720. The van der Waals surface area contributed by atoms with Crippen molar-refractivity contribution in [2.24, 2.45) is 0 Å². The maximum atomic E-state index is 13.2. The molecule has 2 aromatic carbocycles. The maximum absolute atomic E-state index is 13.2. The minimum absolute atomic E-state index is 0.157. The van der Waals surface area contributed by atoms with Crippen LogP contribution in [-0.2, 0) is 10.0 Å². The molecule has 130 valence electrons. The number of fused-ring (bicyclic) bond motifs is 1. The lowest BCUT2D eigenvalue weighted by Gasteiger charge is -2.20. The van der Waals surface area contributed by atoms with E-state index in [0.717, 1.165) is 9.36 Å². The number of benzene rings is 2. The van der Waals surface area contributed by atoms with Crippen LogP contribution in [0.5, 0.6) is 0 Å². The second kappa shape index (κ2) is 6.72. The predicted molar refractivity (Wildman–Crippen MR) is 98.2 cm³/mol. The van der Waals surface area contributed by atoms with Gasteiger partial charge in [-0.25, -0.2) is 12.4 Å². The Bertz CT molecular complexity index is 1000. The molecule has 5 nitrogen and oxygen atoms in total. The number of rotatable bonds is 5. The van der Waals surface area contributed by atoms with Crippen LogP contribution in [0.4, 0.5) is 0 Å². The highest BCUT2D eigenvalue weighted by Gasteiger charge is 2.27. The first kappa shape index (κ1) is 17.2. The largest absolute Gasteiger partial charge is 0.338 e. The van der Waals surface area contributed by atoms with Gasteiger partial charge in [0, 0.05) is 18.5 Å². The third-order valence-corrected chi connectivity index (χ3v) is 5.96. The lowest BCUT2D eigenvalue weighted by atomic mass is 10.2. The van der Waals surface area contributed by atoms with Crippen molar-refractivity contribution in [3.05, 3.63) is 66.4 Å². The average molecular weight is 356 g/mol. The molecule has 0 N–H and O–H groups in total. The first-order chi connectivity index (χ1) is 12.0. The molecule has 0 atom stereocenters. The number of amides is 1. The van der Waals surface area contributed by atoms with E-state index in [1.807, 2.05) is 26.0 Å². The number of para-hydroxylation sites is 1. The molecule has 6 heteroatoms. The number of hydrogen-bond acceptors (Lipinski definition) is 3. The summed E-state index contributed by atoms with van der Waals surface area (Å²) in [6.45, 7) is 4.78. The Morgan fingerprint density at radius 3 is 2.20 bits per heavy atom. The van der Waals surface area contributed by atoms with Crippen molar-refractivity contribution >= 4 is 26.8 Å². The average Bonchev–Trinajstić information content (AvgIpc) is 3.03. The van der Waals surface area contributed by atoms with Crippen LogP contribution in [0.1, 0.15) is 24.3 Å². The summed E-state index contributed by atoms with van der Waals surface area (Å²) < 4.78 is 27.6. The van der Waals surface area contributed by atoms with Gasteiger partial charge in [-0.15, -0.1) is 0 Å². The van der Waals surface area contributed by atoms with Gasteiger partial charge in [-0.1, -0.05) is 36.4 Å². The standard InChI is InChI=1S/C19H20N2O3S/c1-3-20(4-2)19(22)18-14-15-10-8-9-13-17(15)21(18)25(23,24)16-11-6-5-7-12-16/h5-14H,3-4H2,1-2H3. The molecule has 1 amide bonds. The predicted octanol–water partition coefficient (Wildman–Crippen LogP) is 3.36. The molecule has 25 heavy (non-hydrogen) atoms. The Balaban J connectivity index is 2.30. The topological polar surface area (TPSA) is 59.4 Å². The van der Waals surface area contributed by atoms with Gasteiger partial charge in [0.15, 0.2) is 0 Å². The number of carbonyl (C=O) groups is 1. The van der Waals surface area contributed by atoms with Crippen LogP contribution in [0.2, 0.25) is 0 Å². The van der Waals surface area contributed by atoms with Gasteiger partial charge in [-0.3, -0.25) is 4.79 Å². The van der Waals surface area contributed by atoms with E-state index in [1.54, 1.807) is 41.3 Å². The van der Waals surface area contributed by atoms with E-state index in [1.165, 1.54) is 12.1 Å². The second-order valence-electron chi connectivity index (χ2n) is 5.65. The summed E-state index contributed by atoms with van der Waals surface area (Å²) in [4.78, 5) is 14.7. The van der Waals surface area contributed by atoms with E-state index < -0.39 is 10.0 Å². The second-order valence-corrected chi connectivity index (χ2v) is 7.44. The third-order valence-electron chi connectivity index (χ3n) is 4.22. The van der Waals surface area contributed by atoms with Gasteiger partial charge in [0.1, 0.15) is 5.69 Å². The zero-order valence-electron chi connectivity index (χ0n) is 14.2. The van der Waals surface area contributed by atoms with Gasteiger partial charge >= 0.3 is 0 Å². The number of carbonyl (C=O) groups excluding carboxylic acids is 1. The Hall–Kier alpha value is -2.60. The number of aromatic nitrogens is 1.